The van der Waals surface area contributed by atoms with Gasteiger partial charge in [0.15, 0.2) is 5.82 Å². The van der Waals surface area contributed by atoms with Crippen LogP contribution in [0.2, 0.25) is 5.02 Å². The minimum absolute atomic E-state index is 0.0391. The molecule has 38 heavy (non-hydrogen) atoms. The van der Waals surface area contributed by atoms with Gasteiger partial charge in [-0.15, -0.1) is 0 Å². The molecule has 5 rings (SSSR count). The van der Waals surface area contributed by atoms with E-state index in [1.165, 1.54) is 25.4 Å². The summed E-state index contributed by atoms with van der Waals surface area (Å²) >= 11 is 6.28. The highest BCUT2D eigenvalue weighted by molar-refractivity contribution is 6.36. The Morgan fingerprint density at radius 3 is 2.84 bits per heavy atom. The van der Waals surface area contributed by atoms with Crippen molar-refractivity contribution in [3.05, 3.63) is 65.8 Å². The molecule has 0 unspecified atom stereocenters. The van der Waals surface area contributed by atoms with Crippen LogP contribution in [-0.4, -0.2) is 58.5 Å². The zero-order valence-electron chi connectivity index (χ0n) is 20.3. The van der Waals surface area contributed by atoms with E-state index in [1.807, 2.05) is 4.90 Å². The second-order valence-electron chi connectivity index (χ2n) is 8.68. The second kappa shape index (κ2) is 10.2. The number of anilines is 1. The maximum absolute atomic E-state index is 16.1. The van der Waals surface area contributed by atoms with Crippen molar-refractivity contribution in [1.29, 1.82) is 5.26 Å². The van der Waals surface area contributed by atoms with Gasteiger partial charge in [-0.05, 0) is 17.5 Å². The Hall–Kier alpha value is -4.36. The van der Waals surface area contributed by atoms with Crippen LogP contribution < -0.4 is 9.64 Å². The fourth-order valence-electron chi connectivity index (χ4n) is 4.78. The summed E-state index contributed by atoms with van der Waals surface area (Å²) in [5, 5.41) is 10.5. The van der Waals surface area contributed by atoms with Crippen LogP contribution in [0.1, 0.15) is 6.42 Å². The number of ether oxygens (including phenoxy) is 1. The predicted octanol–water partition coefficient (Wildman–Crippen LogP) is 4.90. The maximum atomic E-state index is 16.1. The molecule has 0 N–H and O–H groups in total. The molecular formula is C27H21ClF2N6O2. The Labute approximate surface area is 221 Å². The summed E-state index contributed by atoms with van der Waals surface area (Å²) in [5.74, 6) is -1.27. The fraction of sp³-hybridized carbons (Fsp3) is 0.222. The lowest BCUT2D eigenvalue weighted by molar-refractivity contribution is -0.128. The van der Waals surface area contributed by atoms with E-state index >= 15 is 4.39 Å². The molecule has 0 aliphatic carbocycles. The molecule has 1 atom stereocenters. The third-order valence-corrected chi connectivity index (χ3v) is 6.95. The Balaban J connectivity index is 1.65. The lowest BCUT2D eigenvalue weighted by atomic mass is 10.0. The second-order valence-corrected chi connectivity index (χ2v) is 9.06. The van der Waals surface area contributed by atoms with E-state index in [2.05, 4.69) is 27.6 Å². The summed E-state index contributed by atoms with van der Waals surface area (Å²) in [6.45, 7) is 4.51. The summed E-state index contributed by atoms with van der Waals surface area (Å²) in [6.07, 6.45) is 2.77. The molecular weight excluding hydrogens is 514 g/mol. The largest absolute Gasteiger partial charge is 0.467 e. The number of nitriles is 1. The number of amides is 1. The Kier molecular flexibility index (Phi) is 6.78. The summed E-state index contributed by atoms with van der Waals surface area (Å²) in [6, 6.07) is 9.53. The molecule has 11 heteroatoms. The predicted molar refractivity (Wildman–Crippen MR) is 140 cm³/mol. The number of nitrogens with zero attached hydrogens (tertiary/aromatic N) is 6. The van der Waals surface area contributed by atoms with Gasteiger partial charge in [-0.3, -0.25) is 9.78 Å². The van der Waals surface area contributed by atoms with Gasteiger partial charge in [0.25, 0.3) is 0 Å². The van der Waals surface area contributed by atoms with Crippen LogP contribution in [0.3, 0.4) is 0 Å². The quantitative estimate of drug-likeness (QED) is 0.336. The average Bonchev–Trinajstić information content (AvgIpc) is 2.94. The number of hydrogen-bond acceptors (Lipinski definition) is 7. The molecule has 1 saturated heterocycles. The Bertz CT molecular complexity index is 1640. The van der Waals surface area contributed by atoms with Crippen LogP contribution in [-0.2, 0) is 4.79 Å². The number of carbonyl (C=O) groups excluding carboxylic acids is 1. The normalized spacial score (nSPS) is 15.5. The zero-order chi connectivity index (χ0) is 27.0. The van der Waals surface area contributed by atoms with Crippen LogP contribution in [0.25, 0.3) is 32.9 Å². The van der Waals surface area contributed by atoms with Crippen molar-refractivity contribution in [2.24, 2.45) is 0 Å². The molecule has 4 aromatic rings. The van der Waals surface area contributed by atoms with Crippen molar-refractivity contribution in [2.75, 3.05) is 31.6 Å². The standard InChI is InChI=1S/C27H21ClF2N6O2/c1-3-20(37)36-12-11-35(14-16(36)9-10-31)26-18-13-32-24(23(30)25(18)33-27(34-26)38-2)17-6-4-5-15-7-8-19(29)22(28)21(15)17/h3-8,13,16H,1,9,11-12,14H2,2H3/t16-/m0/s1. The third kappa shape index (κ3) is 4.25. The van der Waals surface area contributed by atoms with E-state index in [4.69, 9.17) is 16.3 Å². The molecule has 1 amide bonds. The lowest BCUT2D eigenvalue weighted by Crippen LogP contribution is -2.55. The highest BCUT2D eigenvalue weighted by Crippen LogP contribution is 2.38. The molecule has 3 heterocycles. The molecule has 8 nitrogen and oxygen atoms in total. The van der Waals surface area contributed by atoms with Crippen LogP contribution in [0.5, 0.6) is 6.01 Å². The number of halogens is 3. The summed E-state index contributed by atoms with van der Waals surface area (Å²) in [5.41, 5.74) is 0.227. The van der Waals surface area contributed by atoms with Gasteiger partial charge in [0.1, 0.15) is 22.8 Å². The number of aromatic nitrogens is 3. The number of pyridine rings is 1. The molecule has 0 spiro atoms. The Morgan fingerprint density at radius 1 is 1.29 bits per heavy atom. The van der Waals surface area contributed by atoms with E-state index in [0.717, 1.165) is 0 Å². The van der Waals surface area contributed by atoms with Gasteiger partial charge in [-0.1, -0.05) is 42.4 Å². The molecule has 2 aromatic carbocycles. The zero-order valence-corrected chi connectivity index (χ0v) is 21.0. The van der Waals surface area contributed by atoms with E-state index < -0.39 is 17.7 Å². The van der Waals surface area contributed by atoms with Crippen molar-refractivity contribution in [1.82, 2.24) is 19.9 Å². The lowest BCUT2D eigenvalue weighted by Gasteiger charge is -2.41. The van der Waals surface area contributed by atoms with Crippen molar-refractivity contribution in [3.8, 4) is 23.3 Å². The fourth-order valence-corrected chi connectivity index (χ4v) is 5.06. The first-order chi connectivity index (χ1) is 18.4. The van der Waals surface area contributed by atoms with E-state index in [1.54, 1.807) is 29.2 Å². The first-order valence-electron chi connectivity index (χ1n) is 11.7. The van der Waals surface area contributed by atoms with Gasteiger partial charge < -0.3 is 14.5 Å². The number of rotatable bonds is 5. The van der Waals surface area contributed by atoms with Gasteiger partial charge in [-0.25, -0.2) is 8.78 Å². The van der Waals surface area contributed by atoms with E-state index in [9.17, 15) is 14.4 Å². The van der Waals surface area contributed by atoms with Crippen LogP contribution in [0.4, 0.5) is 14.6 Å². The summed E-state index contributed by atoms with van der Waals surface area (Å²) < 4.78 is 35.7. The summed E-state index contributed by atoms with van der Waals surface area (Å²) in [4.78, 5) is 28.8. The molecule has 2 aromatic heterocycles. The van der Waals surface area contributed by atoms with Gasteiger partial charge in [0.05, 0.1) is 36.1 Å². The third-order valence-electron chi connectivity index (χ3n) is 6.58. The number of benzene rings is 2. The topological polar surface area (TPSA) is 95.2 Å². The minimum atomic E-state index is -0.744. The highest BCUT2D eigenvalue weighted by Gasteiger charge is 2.32. The van der Waals surface area contributed by atoms with Crippen molar-refractivity contribution in [3.63, 3.8) is 0 Å². The maximum Gasteiger partial charge on any atom is 0.318 e. The van der Waals surface area contributed by atoms with Crippen LogP contribution in [0.15, 0.2) is 49.2 Å². The SMILES string of the molecule is C=CC(=O)N1CCN(c2nc(OC)nc3c(F)c(-c4cccc5ccc(F)c(Cl)c45)ncc23)C[C@@H]1CC#N. The molecule has 1 aliphatic heterocycles. The number of hydrogen-bond donors (Lipinski definition) is 0. The molecule has 1 fully saturated rings. The molecule has 1 aliphatic rings. The van der Waals surface area contributed by atoms with Crippen molar-refractivity contribution in [2.45, 2.75) is 12.5 Å². The average molecular weight is 535 g/mol. The Morgan fingerprint density at radius 2 is 2.11 bits per heavy atom. The van der Waals surface area contributed by atoms with Gasteiger partial charge in [0, 0.05) is 36.8 Å². The number of fused-ring (bicyclic) bond motifs is 2. The van der Waals surface area contributed by atoms with E-state index in [-0.39, 0.29) is 41.1 Å². The number of carbonyl (C=O) groups is 1. The molecule has 192 valence electrons. The smallest absolute Gasteiger partial charge is 0.318 e. The van der Waals surface area contributed by atoms with Gasteiger partial charge in [0.2, 0.25) is 5.91 Å². The van der Waals surface area contributed by atoms with Gasteiger partial charge in [-0.2, -0.15) is 15.2 Å². The van der Waals surface area contributed by atoms with Crippen LogP contribution in [0, 0.1) is 23.0 Å². The van der Waals surface area contributed by atoms with Crippen molar-refractivity contribution >= 4 is 45.0 Å². The summed E-state index contributed by atoms with van der Waals surface area (Å²) in [7, 11) is 1.37. The molecule has 0 saturated carbocycles. The number of methoxy groups -OCH3 is 1. The molecule has 0 bridgehead atoms. The minimum Gasteiger partial charge on any atom is -0.467 e. The highest BCUT2D eigenvalue weighted by atomic mass is 35.5. The molecule has 0 radical (unpaired) electrons. The van der Waals surface area contributed by atoms with Gasteiger partial charge >= 0.3 is 6.01 Å². The first kappa shape index (κ1) is 25.3. The first-order valence-corrected chi connectivity index (χ1v) is 12.1. The number of piperazine rings is 1. The van der Waals surface area contributed by atoms with Crippen LogP contribution >= 0.6 is 11.6 Å². The van der Waals surface area contributed by atoms with Crippen molar-refractivity contribution < 1.29 is 18.3 Å². The van der Waals surface area contributed by atoms with E-state index in [0.29, 0.717) is 40.6 Å². The monoisotopic (exact) mass is 534 g/mol.